The van der Waals surface area contributed by atoms with Crippen molar-refractivity contribution in [2.45, 2.75) is 0 Å². The molecule has 0 spiro atoms. The zero-order valence-corrected chi connectivity index (χ0v) is 4.75. The maximum absolute atomic E-state index is 9.32. The molecule has 0 saturated heterocycles. The van der Waals surface area contributed by atoms with Gasteiger partial charge in [-0.15, -0.1) is 0 Å². The van der Waals surface area contributed by atoms with Gasteiger partial charge in [0.1, 0.15) is 0 Å². The first-order chi connectivity index (χ1) is 1.73. The monoisotopic (exact) mass is 186 g/mol. The van der Waals surface area contributed by atoms with E-state index in [2.05, 4.69) is 6.53 Å². The number of rotatable bonds is 0. The molecule has 1 nitrogen and oxygen atoms in total. The van der Waals surface area contributed by atoms with Crippen LogP contribution in [0.4, 0.5) is 0 Å². The van der Waals surface area contributed by atoms with E-state index in [1.54, 1.807) is 21.2 Å². The summed E-state index contributed by atoms with van der Waals surface area (Å²) in [5.41, 5.74) is 0. The molecule has 0 saturated carbocycles. The Morgan fingerprint density at radius 2 is 2.00 bits per heavy atom. The van der Waals surface area contributed by atoms with Gasteiger partial charge >= 0.3 is 39.2 Å². The second kappa shape index (κ2) is 2.08. The van der Waals surface area contributed by atoms with Crippen LogP contribution in [0.25, 0.3) is 0 Å². The molecule has 4 heteroatoms. The standard InChI is InChI=1S/BIOS/c1-4(2)3. The molecule has 0 aromatic heterocycles. The molecule has 0 aliphatic carbocycles. The van der Waals surface area contributed by atoms with E-state index in [1.807, 2.05) is 0 Å². The van der Waals surface area contributed by atoms with Crippen LogP contribution in [0.5, 0.6) is 0 Å². The van der Waals surface area contributed by atoms with Crippen LogP contribution in [0.15, 0.2) is 0 Å². The third-order valence-corrected chi connectivity index (χ3v) is 0. The summed E-state index contributed by atoms with van der Waals surface area (Å²) >= 11 is 1.59. The Labute approximate surface area is 39.3 Å². The fraction of sp³-hybridized carbons (Fsp3) is 0. The van der Waals surface area contributed by atoms with Crippen LogP contribution in [0.1, 0.15) is 0 Å². The summed E-state index contributed by atoms with van der Waals surface area (Å²) in [5.74, 6) is 0. The van der Waals surface area contributed by atoms with Crippen molar-refractivity contribution in [1.82, 2.24) is 0 Å². The molecule has 0 N–H and O–H groups in total. The van der Waals surface area contributed by atoms with E-state index in [0.717, 1.165) is 0 Å². The van der Waals surface area contributed by atoms with E-state index in [9.17, 15) is 4.21 Å². The van der Waals surface area contributed by atoms with Gasteiger partial charge in [-0.25, -0.2) is 0 Å². The number of halogens is 1. The van der Waals surface area contributed by atoms with Crippen molar-refractivity contribution in [3.63, 3.8) is 0 Å². The molecular weight excluding hydrogens is 186 g/mol. The van der Waals surface area contributed by atoms with Gasteiger partial charge in [0.15, 0.2) is 0 Å². The van der Waals surface area contributed by atoms with Gasteiger partial charge in [-0.2, -0.15) is 0 Å². The van der Waals surface area contributed by atoms with Crippen LogP contribution in [0.2, 0.25) is 0 Å². The van der Waals surface area contributed by atoms with Crippen molar-refractivity contribution in [2.75, 3.05) is 0 Å². The molecule has 0 aromatic carbocycles. The molecule has 0 rings (SSSR count). The molecule has 0 heterocycles. The van der Waals surface area contributed by atoms with E-state index < -0.39 is 7.21 Å². The van der Waals surface area contributed by atoms with E-state index in [0.29, 0.717) is 0 Å². The fourth-order valence-electron chi connectivity index (χ4n) is 0. The SMILES string of the molecule is B#S(=O)I. The van der Waals surface area contributed by atoms with Crippen LogP contribution < -0.4 is 0 Å². The summed E-state index contributed by atoms with van der Waals surface area (Å²) < 4.78 is 9.32. The summed E-state index contributed by atoms with van der Waals surface area (Å²) in [4.78, 5) is 0. The van der Waals surface area contributed by atoms with Crippen LogP contribution in [-0.4, -0.2) is 10.7 Å². The van der Waals surface area contributed by atoms with Crippen LogP contribution in [0.3, 0.4) is 0 Å². The molecular formula is BIOS. The second-order valence-corrected chi connectivity index (χ2v) is 3.35. The average Bonchev–Trinajstić information content (AvgIpc) is 0.811. The van der Waals surface area contributed by atoms with Crippen molar-refractivity contribution in [3.8, 4) is 0 Å². The maximum atomic E-state index is 9.32. The summed E-state index contributed by atoms with van der Waals surface area (Å²) in [7, 11) is -1.14. The normalized spacial score (nSPS) is 6.75. The molecule has 4 heavy (non-hydrogen) atoms. The van der Waals surface area contributed by atoms with Gasteiger partial charge in [0.2, 0.25) is 0 Å². The Morgan fingerprint density at radius 3 is 2.00 bits per heavy atom. The molecule has 0 fully saturated rings. The third kappa shape index (κ3) is 14.0. The van der Waals surface area contributed by atoms with Crippen molar-refractivity contribution in [3.05, 3.63) is 0 Å². The first-order valence-electron chi connectivity index (χ1n) is 0.557. The molecule has 22 valence electrons. The van der Waals surface area contributed by atoms with Gasteiger partial charge in [0.25, 0.3) is 0 Å². The van der Waals surface area contributed by atoms with Gasteiger partial charge in [0.05, 0.1) is 0 Å². The second-order valence-electron chi connectivity index (χ2n) is 0.248. The zero-order chi connectivity index (χ0) is 3.58. The van der Waals surface area contributed by atoms with Gasteiger partial charge < -0.3 is 0 Å². The molecule has 0 amide bonds. The minimum atomic E-state index is -1.14. The molecule has 0 unspecified atom stereocenters. The van der Waals surface area contributed by atoms with Gasteiger partial charge in [0, 0.05) is 0 Å². The topological polar surface area (TPSA) is 17.1 Å². The molecule has 0 atom stereocenters. The van der Waals surface area contributed by atoms with Crippen LogP contribution in [-0.2, 0) is 7.21 Å². The van der Waals surface area contributed by atoms with E-state index >= 15 is 0 Å². The van der Waals surface area contributed by atoms with E-state index in [-0.39, 0.29) is 0 Å². The molecule has 0 aliphatic heterocycles. The quantitative estimate of drug-likeness (QED) is 0.299. The molecule has 0 aliphatic rings. The van der Waals surface area contributed by atoms with Crippen LogP contribution in [0, 0.1) is 0 Å². The minimum absolute atomic E-state index is 1.14. The summed E-state index contributed by atoms with van der Waals surface area (Å²) in [5, 5.41) is 0. The van der Waals surface area contributed by atoms with Crippen molar-refractivity contribution < 1.29 is 4.21 Å². The molecule has 0 aromatic rings. The fourth-order valence-corrected chi connectivity index (χ4v) is 0. The Balaban J connectivity index is 3.85. The van der Waals surface area contributed by atoms with Crippen molar-refractivity contribution >= 4 is 34.9 Å². The third-order valence-electron chi connectivity index (χ3n) is 0. The molecule has 0 bridgehead atoms. The zero-order valence-electron chi connectivity index (χ0n) is 1.77. The summed E-state index contributed by atoms with van der Waals surface area (Å²) in [6, 6.07) is 0. The predicted molar refractivity (Wildman–Crippen MR) is 27.9 cm³/mol. The van der Waals surface area contributed by atoms with Crippen LogP contribution >= 0.6 is 21.2 Å². The van der Waals surface area contributed by atoms with E-state index in [4.69, 9.17) is 0 Å². The average molecular weight is 186 g/mol. The summed E-state index contributed by atoms with van der Waals surface area (Å²) in [6.45, 7) is 4.57. The number of hydrogen-bond acceptors (Lipinski definition) is 1. The Kier molecular flexibility index (Phi) is 2.50. The van der Waals surface area contributed by atoms with Gasteiger partial charge in [-0.3, -0.25) is 0 Å². The Bertz CT molecular complexity index is 98.2. The van der Waals surface area contributed by atoms with E-state index in [1.165, 1.54) is 0 Å². The first kappa shape index (κ1) is 4.81. The van der Waals surface area contributed by atoms with Crippen molar-refractivity contribution in [2.24, 2.45) is 0 Å². The van der Waals surface area contributed by atoms with Gasteiger partial charge in [-0.05, 0) is 0 Å². The van der Waals surface area contributed by atoms with Crippen molar-refractivity contribution in [1.29, 1.82) is 0 Å². The first-order valence-corrected chi connectivity index (χ1v) is 4.31. The molecule has 0 radical (unpaired) electrons. The Hall–Kier alpha value is 0.815. The predicted octanol–water partition coefficient (Wildman–Crippen LogP) is 0.169. The van der Waals surface area contributed by atoms with Gasteiger partial charge in [-0.1, -0.05) is 0 Å². The Morgan fingerprint density at radius 1 is 2.00 bits per heavy atom. The summed E-state index contributed by atoms with van der Waals surface area (Å²) in [6.07, 6.45) is 0. The number of hydrogen-bond donors (Lipinski definition) is 0.